The molecule has 0 unspecified atom stereocenters. The molecule has 0 aliphatic carbocycles. The van der Waals surface area contributed by atoms with Gasteiger partial charge in [0.15, 0.2) is 5.78 Å². The van der Waals surface area contributed by atoms with Crippen LogP contribution in [0, 0.1) is 0 Å². The molecule has 0 saturated carbocycles. The van der Waals surface area contributed by atoms with Gasteiger partial charge in [-0.3, -0.25) is 4.79 Å². The van der Waals surface area contributed by atoms with E-state index < -0.39 is 0 Å². The molecule has 2 nitrogen and oxygen atoms in total. The summed E-state index contributed by atoms with van der Waals surface area (Å²) in [7, 11) is 1.62. The maximum Gasteiger partial charge on any atom is 0.178 e. The number of fused-ring (bicyclic) bond motifs is 1. The Morgan fingerprint density at radius 3 is 2.56 bits per heavy atom. The van der Waals surface area contributed by atoms with Crippen molar-refractivity contribution in [1.82, 2.24) is 0 Å². The standard InChI is InChI=1S/C13H11ClO2.C2H6/c1-16-10-5-6-11-9(7-10)3-2-4-12(11)13(15)8-14;1-2/h2-7H,8H2,1H3;1-2H3. The zero-order valence-electron chi connectivity index (χ0n) is 10.9. The van der Waals surface area contributed by atoms with Crippen LogP contribution in [0.3, 0.4) is 0 Å². The Bertz CT molecular complexity index is 535. The molecule has 96 valence electrons. The number of hydrogen-bond acceptors (Lipinski definition) is 2. The molecular weight excluding hydrogens is 248 g/mol. The van der Waals surface area contributed by atoms with E-state index in [0.717, 1.165) is 16.5 Å². The number of alkyl halides is 1. The zero-order valence-corrected chi connectivity index (χ0v) is 11.6. The molecule has 0 spiro atoms. The number of rotatable bonds is 3. The fraction of sp³-hybridized carbons (Fsp3) is 0.267. The quantitative estimate of drug-likeness (QED) is 0.610. The molecule has 0 aliphatic rings. The van der Waals surface area contributed by atoms with Crippen LogP contribution in [-0.2, 0) is 0 Å². The lowest BCUT2D eigenvalue weighted by molar-refractivity contribution is 0.102. The minimum atomic E-state index is -0.0579. The summed E-state index contributed by atoms with van der Waals surface area (Å²) in [5.74, 6) is 0.728. The summed E-state index contributed by atoms with van der Waals surface area (Å²) in [4.78, 5) is 11.6. The van der Waals surface area contributed by atoms with Gasteiger partial charge >= 0.3 is 0 Å². The summed E-state index contributed by atoms with van der Waals surface area (Å²) >= 11 is 5.57. The van der Waals surface area contributed by atoms with Crippen LogP contribution in [0.4, 0.5) is 0 Å². The molecule has 0 saturated heterocycles. The average molecular weight is 265 g/mol. The average Bonchev–Trinajstić information content (AvgIpc) is 2.47. The molecule has 0 N–H and O–H groups in total. The number of benzene rings is 2. The topological polar surface area (TPSA) is 26.3 Å². The van der Waals surface area contributed by atoms with E-state index in [0.29, 0.717) is 5.56 Å². The summed E-state index contributed by atoms with van der Waals surface area (Å²) in [5.41, 5.74) is 0.662. The van der Waals surface area contributed by atoms with Crippen LogP contribution < -0.4 is 4.74 Å². The van der Waals surface area contributed by atoms with Crippen molar-refractivity contribution >= 4 is 28.2 Å². The van der Waals surface area contributed by atoms with E-state index in [1.54, 1.807) is 13.2 Å². The number of halogens is 1. The molecule has 0 radical (unpaired) electrons. The number of carbonyl (C=O) groups is 1. The minimum Gasteiger partial charge on any atom is -0.497 e. The molecule has 0 aliphatic heterocycles. The van der Waals surface area contributed by atoms with E-state index in [4.69, 9.17) is 16.3 Å². The molecule has 2 aromatic carbocycles. The lowest BCUT2D eigenvalue weighted by Crippen LogP contribution is -2.00. The van der Waals surface area contributed by atoms with Crippen molar-refractivity contribution in [2.24, 2.45) is 0 Å². The van der Waals surface area contributed by atoms with Crippen molar-refractivity contribution in [3.8, 4) is 5.75 Å². The Morgan fingerprint density at radius 1 is 1.22 bits per heavy atom. The predicted molar refractivity (Wildman–Crippen MR) is 76.9 cm³/mol. The molecule has 0 bridgehead atoms. The number of ketones is 1. The maximum atomic E-state index is 11.6. The third-order valence-corrected chi connectivity index (χ3v) is 2.75. The highest BCUT2D eigenvalue weighted by atomic mass is 35.5. The van der Waals surface area contributed by atoms with Crippen LogP contribution in [0.2, 0.25) is 0 Å². The predicted octanol–water partition coefficient (Wildman–Crippen LogP) is 4.30. The van der Waals surface area contributed by atoms with E-state index in [2.05, 4.69) is 0 Å². The van der Waals surface area contributed by atoms with Crippen LogP contribution in [0.1, 0.15) is 24.2 Å². The van der Waals surface area contributed by atoms with Crippen molar-refractivity contribution in [2.45, 2.75) is 13.8 Å². The van der Waals surface area contributed by atoms with E-state index in [-0.39, 0.29) is 11.7 Å². The van der Waals surface area contributed by atoms with Gasteiger partial charge in [-0.15, -0.1) is 11.6 Å². The summed E-state index contributed by atoms with van der Waals surface area (Å²) < 4.78 is 5.14. The highest BCUT2D eigenvalue weighted by Gasteiger charge is 2.08. The first kappa shape index (κ1) is 14.5. The van der Waals surface area contributed by atoms with Crippen LogP contribution in [0.5, 0.6) is 5.75 Å². The Labute approximate surface area is 113 Å². The van der Waals surface area contributed by atoms with Gasteiger partial charge in [-0.25, -0.2) is 0 Å². The molecular formula is C15H17ClO2. The highest BCUT2D eigenvalue weighted by Crippen LogP contribution is 2.24. The van der Waals surface area contributed by atoms with Gasteiger partial charge in [-0.2, -0.15) is 0 Å². The number of Topliss-reactive ketones (excluding diaryl/α,β-unsaturated/α-hetero) is 1. The second-order valence-electron chi connectivity index (χ2n) is 3.45. The van der Waals surface area contributed by atoms with Gasteiger partial charge in [-0.05, 0) is 29.0 Å². The van der Waals surface area contributed by atoms with E-state index in [1.165, 1.54) is 0 Å². The normalized spacial score (nSPS) is 9.56. The number of methoxy groups -OCH3 is 1. The largest absolute Gasteiger partial charge is 0.497 e. The number of hydrogen-bond donors (Lipinski definition) is 0. The molecule has 2 aromatic rings. The lowest BCUT2D eigenvalue weighted by Gasteiger charge is -2.06. The van der Waals surface area contributed by atoms with Gasteiger partial charge in [0.05, 0.1) is 13.0 Å². The molecule has 0 fully saturated rings. The number of ether oxygens (including phenoxy) is 1. The molecule has 0 atom stereocenters. The van der Waals surface area contributed by atoms with Crippen molar-refractivity contribution < 1.29 is 9.53 Å². The van der Waals surface area contributed by atoms with E-state index >= 15 is 0 Å². The SMILES string of the molecule is CC.COc1ccc2c(C(=O)CCl)cccc2c1. The molecule has 0 amide bonds. The summed E-state index contributed by atoms with van der Waals surface area (Å²) in [5, 5.41) is 1.89. The van der Waals surface area contributed by atoms with Crippen LogP contribution in [0.25, 0.3) is 10.8 Å². The van der Waals surface area contributed by atoms with Gasteiger partial charge in [0.25, 0.3) is 0 Å². The second kappa shape index (κ2) is 7.02. The van der Waals surface area contributed by atoms with Crippen LogP contribution in [0.15, 0.2) is 36.4 Å². The van der Waals surface area contributed by atoms with E-state index in [9.17, 15) is 4.79 Å². The Balaban J connectivity index is 0.000000771. The van der Waals surface area contributed by atoms with Gasteiger partial charge in [0.1, 0.15) is 5.75 Å². The van der Waals surface area contributed by atoms with Crippen molar-refractivity contribution in [2.75, 3.05) is 13.0 Å². The smallest absolute Gasteiger partial charge is 0.178 e. The summed E-state index contributed by atoms with van der Waals surface area (Å²) in [6.45, 7) is 4.00. The fourth-order valence-corrected chi connectivity index (χ4v) is 1.85. The van der Waals surface area contributed by atoms with Gasteiger partial charge < -0.3 is 4.74 Å². The summed E-state index contributed by atoms with van der Waals surface area (Å²) in [6, 6.07) is 11.2. The number of carbonyl (C=O) groups excluding carboxylic acids is 1. The van der Waals surface area contributed by atoms with Crippen molar-refractivity contribution in [3.63, 3.8) is 0 Å². The minimum absolute atomic E-state index is 0.00510. The lowest BCUT2D eigenvalue weighted by atomic mass is 10.0. The first-order valence-corrected chi connectivity index (χ1v) is 6.45. The Hall–Kier alpha value is -1.54. The molecule has 0 aromatic heterocycles. The fourth-order valence-electron chi connectivity index (χ4n) is 1.70. The maximum absolute atomic E-state index is 11.6. The Kier molecular flexibility index (Phi) is 5.66. The van der Waals surface area contributed by atoms with Gasteiger partial charge in [0.2, 0.25) is 0 Å². The third kappa shape index (κ3) is 3.02. The highest BCUT2D eigenvalue weighted by molar-refractivity contribution is 6.31. The second-order valence-corrected chi connectivity index (χ2v) is 3.72. The van der Waals surface area contributed by atoms with Crippen molar-refractivity contribution in [1.29, 1.82) is 0 Å². The monoisotopic (exact) mass is 264 g/mol. The van der Waals surface area contributed by atoms with Crippen molar-refractivity contribution in [3.05, 3.63) is 42.0 Å². The Morgan fingerprint density at radius 2 is 1.94 bits per heavy atom. The van der Waals surface area contributed by atoms with Crippen LogP contribution in [-0.4, -0.2) is 18.8 Å². The summed E-state index contributed by atoms with van der Waals surface area (Å²) in [6.07, 6.45) is 0. The molecule has 3 heteroatoms. The zero-order chi connectivity index (χ0) is 13.5. The van der Waals surface area contributed by atoms with Gasteiger partial charge in [0, 0.05) is 5.56 Å². The first-order valence-electron chi connectivity index (χ1n) is 5.92. The molecule has 2 rings (SSSR count). The van der Waals surface area contributed by atoms with Crippen LogP contribution >= 0.6 is 11.6 Å². The van der Waals surface area contributed by atoms with E-state index in [1.807, 2.05) is 44.2 Å². The molecule has 0 heterocycles. The molecule has 18 heavy (non-hydrogen) atoms. The first-order chi connectivity index (χ1) is 8.76. The van der Waals surface area contributed by atoms with Gasteiger partial charge in [-0.1, -0.05) is 32.0 Å². The third-order valence-electron chi connectivity index (χ3n) is 2.51.